The molecule has 0 unspecified atom stereocenters. The summed E-state index contributed by atoms with van der Waals surface area (Å²) in [5.41, 5.74) is 10.1. The quantitative estimate of drug-likeness (QED) is 0.197. The molecule has 5 heteroatoms. The minimum atomic E-state index is 0.484. The van der Waals surface area contributed by atoms with Crippen molar-refractivity contribution >= 4 is 33.2 Å². The predicted molar refractivity (Wildman–Crippen MR) is 179 cm³/mol. The normalized spacial score (nSPS) is 10.6. The van der Waals surface area contributed by atoms with E-state index in [1.165, 1.54) is 0 Å². The maximum absolute atomic E-state index is 10.2. The molecule has 7 aromatic rings. The largest absolute Gasteiger partial charge is 0.311 e. The average Bonchev–Trinajstić information content (AvgIpc) is 3.44. The highest BCUT2D eigenvalue weighted by Gasteiger charge is 2.16. The van der Waals surface area contributed by atoms with Gasteiger partial charge >= 0.3 is 0 Å². The van der Waals surface area contributed by atoms with Crippen molar-refractivity contribution in [3.8, 4) is 51.2 Å². The molecular formula is C40H21N5. The Morgan fingerprint density at radius 2 is 1.18 bits per heavy atom. The lowest BCUT2D eigenvalue weighted by atomic mass is 9.91. The third kappa shape index (κ3) is 4.65. The van der Waals surface area contributed by atoms with Gasteiger partial charge in [-0.3, -0.25) is 0 Å². The molecule has 0 fully saturated rings. The summed E-state index contributed by atoms with van der Waals surface area (Å²) in [5, 5.41) is 21.6. The summed E-state index contributed by atoms with van der Waals surface area (Å²) in [5.74, 6) is 0. The predicted octanol–water partition coefficient (Wildman–Crippen LogP) is 10.6. The molecule has 0 aliphatic heterocycles. The van der Waals surface area contributed by atoms with Crippen LogP contribution in [0.2, 0.25) is 0 Å². The average molecular weight is 572 g/mol. The second kappa shape index (κ2) is 11.1. The van der Waals surface area contributed by atoms with Gasteiger partial charge in [0, 0.05) is 22.2 Å². The second-order valence-corrected chi connectivity index (χ2v) is 10.6. The van der Waals surface area contributed by atoms with Crippen LogP contribution >= 0.6 is 0 Å². The van der Waals surface area contributed by atoms with Crippen molar-refractivity contribution in [2.24, 2.45) is 0 Å². The van der Waals surface area contributed by atoms with E-state index >= 15 is 0 Å². The molecule has 6 aromatic carbocycles. The van der Waals surface area contributed by atoms with Crippen LogP contribution in [0.1, 0.15) is 11.1 Å². The number of benzene rings is 6. The fourth-order valence-electron chi connectivity index (χ4n) is 6.02. The van der Waals surface area contributed by atoms with E-state index in [4.69, 9.17) is 13.1 Å². The summed E-state index contributed by atoms with van der Waals surface area (Å²) in [4.78, 5) is 7.42. The molecule has 0 radical (unpaired) electrons. The van der Waals surface area contributed by atoms with Gasteiger partial charge in [0.2, 0.25) is 0 Å². The van der Waals surface area contributed by atoms with Crippen molar-refractivity contribution in [1.29, 1.82) is 10.5 Å². The van der Waals surface area contributed by atoms with Crippen LogP contribution in [0.5, 0.6) is 0 Å². The van der Waals surface area contributed by atoms with E-state index in [9.17, 15) is 10.5 Å². The van der Waals surface area contributed by atoms with Gasteiger partial charge in [0.25, 0.3) is 0 Å². The molecule has 0 aliphatic rings. The fraction of sp³-hybridized carbons (Fsp3) is 0. The smallest absolute Gasteiger partial charge is 0.189 e. The molecule has 0 aliphatic carbocycles. The Kier molecular flexibility index (Phi) is 6.62. The van der Waals surface area contributed by atoms with E-state index in [1.54, 1.807) is 12.1 Å². The number of rotatable bonds is 4. The molecule has 0 saturated heterocycles. The first-order valence-electron chi connectivity index (χ1n) is 14.2. The van der Waals surface area contributed by atoms with Gasteiger partial charge in [-0.05, 0) is 82.2 Å². The van der Waals surface area contributed by atoms with Crippen molar-refractivity contribution in [1.82, 2.24) is 4.57 Å². The molecule has 0 spiro atoms. The lowest BCUT2D eigenvalue weighted by molar-refractivity contribution is 1.18. The summed E-state index contributed by atoms with van der Waals surface area (Å²) in [7, 11) is 0. The first kappa shape index (κ1) is 26.9. The van der Waals surface area contributed by atoms with E-state index in [2.05, 4.69) is 38.5 Å². The van der Waals surface area contributed by atoms with E-state index in [1.807, 2.05) is 103 Å². The Bertz CT molecular complexity index is 2400. The maximum Gasteiger partial charge on any atom is 0.189 e. The molecule has 0 amide bonds. The van der Waals surface area contributed by atoms with Crippen LogP contribution in [0.15, 0.2) is 127 Å². The first-order valence-corrected chi connectivity index (χ1v) is 14.2. The molecule has 0 N–H and O–H groups in total. The number of aromatic nitrogens is 1. The number of hydrogen-bond donors (Lipinski definition) is 0. The monoisotopic (exact) mass is 571 g/mol. The van der Waals surface area contributed by atoms with Crippen LogP contribution < -0.4 is 0 Å². The van der Waals surface area contributed by atoms with Crippen LogP contribution in [0, 0.1) is 35.8 Å². The third-order valence-electron chi connectivity index (χ3n) is 8.06. The minimum Gasteiger partial charge on any atom is -0.311 e. The SMILES string of the molecule is [C-]#[N+]c1cc(-c2cccc(-c3cccc(-c4ccccc4)c3C#N)c2)cc(-n2c3ccc(C#N)cc3c3cc([N+]#[C-])ccc32)c1. The van der Waals surface area contributed by atoms with Gasteiger partial charge in [0.05, 0.1) is 41.4 Å². The Balaban J connectivity index is 1.41. The molecule has 1 heterocycles. The van der Waals surface area contributed by atoms with Crippen molar-refractivity contribution in [2.45, 2.75) is 0 Å². The molecular weight excluding hydrogens is 550 g/mol. The molecule has 0 bridgehead atoms. The highest BCUT2D eigenvalue weighted by Crippen LogP contribution is 2.39. The summed E-state index contributed by atoms with van der Waals surface area (Å²) in [6, 6.07) is 45.4. The molecule has 45 heavy (non-hydrogen) atoms. The first-order chi connectivity index (χ1) is 22.1. The van der Waals surface area contributed by atoms with E-state index < -0.39 is 0 Å². The highest BCUT2D eigenvalue weighted by atomic mass is 15.0. The van der Waals surface area contributed by atoms with Crippen LogP contribution in [-0.4, -0.2) is 4.57 Å². The minimum absolute atomic E-state index is 0.484. The number of nitriles is 2. The van der Waals surface area contributed by atoms with Crippen molar-refractivity contribution < 1.29 is 0 Å². The van der Waals surface area contributed by atoms with Gasteiger partial charge in [-0.1, -0.05) is 72.8 Å². The maximum atomic E-state index is 10.2. The highest BCUT2D eigenvalue weighted by molar-refractivity contribution is 6.11. The molecule has 0 saturated carbocycles. The summed E-state index contributed by atoms with van der Waals surface area (Å²) in [6.07, 6.45) is 0. The Morgan fingerprint density at radius 1 is 0.511 bits per heavy atom. The number of hydrogen-bond acceptors (Lipinski definition) is 2. The molecule has 7 rings (SSSR count). The van der Waals surface area contributed by atoms with Crippen molar-refractivity contribution in [3.05, 3.63) is 161 Å². The molecule has 206 valence electrons. The third-order valence-corrected chi connectivity index (χ3v) is 8.06. The molecule has 1 aromatic heterocycles. The van der Waals surface area contributed by atoms with E-state index in [0.717, 1.165) is 60.9 Å². The lowest BCUT2D eigenvalue weighted by Crippen LogP contribution is -1.95. The summed E-state index contributed by atoms with van der Waals surface area (Å²) >= 11 is 0. The van der Waals surface area contributed by atoms with Gasteiger partial charge in [-0.2, -0.15) is 10.5 Å². The Labute approximate surface area is 260 Å². The molecule has 5 nitrogen and oxygen atoms in total. The summed E-state index contributed by atoms with van der Waals surface area (Å²) in [6.45, 7) is 15.4. The lowest BCUT2D eigenvalue weighted by Gasteiger charge is -2.14. The standard InChI is InChI=1S/C40H21N5/c1-43-31-15-17-40-37(23-31)36-18-26(24-41)14-16-39(36)45(40)33-21-30(20-32(22-33)44-2)28-10-6-11-29(19-28)35-13-7-12-34(38(35)25-42)27-8-4-3-5-9-27/h3-23H. The van der Waals surface area contributed by atoms with Crippen molar-refractivity contribution in [2.75, 3.05) is 0 Å². The van der Waals surface area contributed by atoms with Gasteiger partial charge in [-0.25, -0.2) is 9.69 Å². The zero-order valence-electron chi connectivity index (χ0n) is 23.9. The van der Waals surface area contributed by atoms with Crippen LogP contribution in [-0.2, 0) is 0 Å². The van der Waals surface area contributed by atoms with Crippen LogP contribution in [0.4, 0.5) is 11.4 Å². The van der Waals surface area contributed by atoms with Crippen molar-refractivity contribution in [3.63, 3.8) is 0 Å². The number of nitrogens with zero attached hydrogens (tertiary/aromatic N) is 5. The van der Waals surface area contributed by atoms with Crippen LogP contribution in [0.3, 0.4) is 0 Å². The second-order valence-electron chi connectivity index (χ2n) is 10.6. The van der Waals surface area contributed by atoms with Gasteiger partial charge < -0.3 is 4.57 Å². The molecule has 0 atom stereocenters. The van der Waals surface area contributed by atoms with E-state index in [-0.39, 0.29) is 0 Å². The van der Waals surface area contributed by atoms with Gasteiger partial charge in [-0.15, -0.1) is 0 Å². The van der Waals surface area contributed by atoms with Crippen LogP contribution in [0.25, 0.3) is 70.6 Å². The summed E-state index contributed by atoms with van der Waals surface area (Å²) < 4.78 is 2.08. The Hall–Kier alpha value is -6.92. The van der Waals surface area contributed by atoms with E-state index in [0.29, 0.717) is 22.5 Å². The topological polar surface area (TPSA) is 61.2 Å². The zero-order chi connectivity index (χ0) is 30.9. The van der Waals surface area contributed by atoms with Gasteiger partial charge in [0.15, 0.2) is 11.4 Å². The fourth-order valence-corrected chi connectivity index (χ4v) is 6.02. The Morgan fingerprint density at radius 3 is 1.91 bits per heavy atom. The zero-order valence-corrected chi connectivity index (χ0v) is 23.9. The van der Waals surface area contributed by atoms with Gasteiger partial charge in [0.1, 0.15) is 6.07 Å². The number of fused-ring (bicyclic) bond motifs is 3.